The smallest absolute Gasteiger partial charge is 0.282 e. The lowest BCUT2D eigenvalue weighted by Gasteiger charge is -2.37. The van der Waals surface area contributed by atoms with E-state index < -0.39 is 11.3 Å². The summed E-state index contributed by atoms with van der Waals surface area (Å²) in [5, 5.41) is 14.3. The lowest BCUT2D eigenvalue weighted by molar-refractivity contribution is -0.124. The monoisotopic (exact) mass is 624 g/mol. The molecule has 3 aliphatic rings. The number of nitrogens with zero attached hydrogens (tertiary/aromatic N) is 4. The summed E-state index contributed by atoms with van der Waals surface area (Å²) in [5.74, 6) is 0.0886. The van der Waals surface area contributed by atoms with E-state index in [4.69, 9.17) is 14.5 Å². The van der Waals surface area contributed by atoms with Gasteiger partial charge in [0.25, 0.3) is 11.8 Å². The number of fused-ring (bicyclic) bond motifs is 2. The molecular formula is C33H32N6O5S. The van der Waals surface area contributed by atoms with E-state index in [1.165, 1.54) is 0 Å². The summed E-state index contributed by atoms with van der Waals surface area (Å²) >= 11 is 1.05. The number of ether oxygens (including phenoxy) is 2. The number of anilines is 1. The summed E-state index contributed by atoms with van der Waals surface area (Å²) in [7, 11) is 0. The highest BCUT2D eigenvalue weighted by molar-refractivity contribution is 7.17. The third kappa shape index (κ3) is 5.78. The van der Waals surface area contributed by atoms with Crippen molar-refractivity contribution >= 4 is 34.2 Å². The van der Waals surface area contributed by atoms with Crippen LogP contribution >= 0.6 is 11.3 Å². The van der Waals surface area contributed by atoms with Gasteiger partial charge in [0.1, 0.15) is 5.75 Å². The van der Waals surface area contributed by atoms with Gasteiger partial charge in [0.05, 0.1) is 24.3 Å². The Morgan fingerprint density at radius 2 is 1.69 bits per heavy atom. The number of rotatable bonds is 7. The van der Waals surface area contributed by atoms with Gasteiger partial charge in [-0.3, -0.25) is 14.4 Å². The maximum absolute atomic E-state index is 13.8. The molecule has 0 unspecified atom stereocenters. The minimum absolute atomic E-state index is 0.0159. The summed E-state index contributed by atoms with van der Waals surface area (Å²) in [6.07, 6.45) is 1.94. The number of pyridine rings is 1. The van der Waals surface area contributed by atoms with Gasteiger partial charge in [-0.1, -0.05) is 61.6 Å². The van der Waals surface area contributed by atoms with Gasteiger partial charge in [-0.2, -0.15) is 0 Å². The van der Waals surface area contributed by atoms with Gasteiger partial charge in [0.2, 0.25) is 21.9 Å². The zero-order valence-corrected chi connectivity index (χ0v) is 25.7. The summed E-state index contributed by atoms with van der Waals surface area (Å²) in [5.41, 5.74) is 2.81. The molecule has 4 aromatic rings. The predicted octanol–water partition coefficient (Wildman–Crippen LogP) is 4.87. The fraction of sp³-hybridized carbons (Fsp3) is 0.333. The fourth-order valence-corrected chi connectivity index (χ4v) is 6.38. The maximum Gasteiger partial charge on any atom is 0.282 e. The van der Waals surface area contributed by atoms with Crippen LogP contribution in [0, 0.1) is 5.41 Å². The summed E-state index contributed by atoms with van der Waals surface area (Å²) < 4.78 is 11.7. The van der Waals surface area contributed by atoms with Crippen LogP contribution < -0.4 is 15.4 Å². The van der Waals surface area contributed by atoms with E-state index in [1.54, 1.807) is 4.90 Å². The highest BCUT2D eigenvalue weighted by atomic mass is 32.1. The highest BCUT2D eigenvalue weighted by Gasteiger charge is 2.44. The number of carbonyl (C=O) groups excluding carboxylic acids is 3. The molecule has 0 bridgehead atoms. The van der Waals surface area contributed by atoms with Crippen LogP contribution in [0.25, 0.3) is 11.3 Å². The maximum atomic E-state index is 13.8. The number of nitrogens with one attached hydrogen (secondary N) is 2. The van der Waals surface area contributed by atoms with Crippen LogP contribution in [0.2, 0.25) is 0 Å². The van der Waals surface area contributed by atoms with E-state index in [9.17, 15) is 14.4 Å². The summed E-state index contributed by atoms with van der Waals surface area (Å²) in [6, 6.07) is 19.1. The Kier molecular flexibility index (Phi) is 7.54. The molecule has 11 nitrogen and oxygen atoms in total. The Morgan fingerprint density at radius 3 is 2.44 bits per heavy atom. The van der Waals surface area contributed by atoms with Gasteiger partial charge in [-0.25, -0.2) is 4.98 Å². The molecular weight excluding hydrogens is 592 g/mol. The van der Waals surface area contributed by atoms with Crippen LogP contribution in [0.5, 0.6) is 11.6 Å². The molecule has 2 aliphatic heterocycles. The predicted molar refractivity (Wildman–Crippen MR) is 168 cm³/mol. The minimum atomic E-state index is -0.971. The molecule has 2 aromatic carbocycles. The number of aromatic nitrogens is 3. The summed E-state index contributed by atoms with van der Waals surface area (Å²) in [4.78, 5) is 45.8. The minimum Gasteiger partial charge on any atom is -0.438 e. The number of benzene rings is 2. The topological polar surface area (TPSA) is 136 Å². The fourth-order valence-electron chi connectivity index (χ4n) is 5.74. The quantitative estimate of drug-likeness (QED) is 0.298. The molecule has 0 spiro atoms. The first kappa shape index (κ1) is 29.1. The van der Waals surface area contributed by atoms with Crippen molar-refractivity contribution < 1.29 is 23.9 Å². The molecule has 7 rings (SSSR count). The molecule has 1 atom stereocenters. The second-order valence-corrected chi connectivity index (χ2v) is 13.0. The van der Waals surface area contributed by atoms with Crippen LogP contribution in [0.1, 0.15) is 63.9 Å². The van der Waals surface area contributed by atoms with E-state index >= 15 is 0 Å². The molecule has 45 heavy (non-hydrogen) atoms. The Balaban J connectivity index is 1.14. The number of morpholine rings is 1. The van der Waals surface area contributed by atoms with Crippen LogP contribution in [-0.2, 0) is 9.53 Å². The van der Waals surface area contributed by atoms with Gasteiger partial charge in [0.15, 0.2) is 0 Å². The van der Waals surface area contributed by atoms with Gasteiger partial charge >= 0.3 is 0 Å². The lowest BCUT2D eigenvalue weighted by Crippen LogP contribution is -2.40. The van der Waals surface area contributed by atoms with Crippen LogP contribution in [0.15, 0.2) is 60.7 Å². The average molecular weight is 625 g/mol. The third-order valence-corrected chi connectivity index (χ3v) is 9.26. The molecule has 3 amide bonds. The van der Waals surface area contributed by atoms with Crippen molar-refractivity contribution in [2.45, 2.75) is 38.6 Å². The lowest BCUT2D eigenvalue weighted by atomic mass is 9.69. The van der Waals surface area contributed by atoms with E-state index in [1.807, 2.05) is 74.5 Å². The van der Waals surface area contributed by atoms with Crippen molar-refractivity contribution in [2.75, 3.05) is 31.6 Å². The normalized spacial score (nSPS) is 17.5. The van der Waals surface area contributed by atoms with Crippen LogP contribution in [-0.4, -0.2) is 70.1 Å². The Labute approximate surface area is 264 Å². The Hall–Kier alpha value is -4.68. The Bertz CT molecular complexity index is 1780. The van der Waals surface area contributed by atoms with Gasteiger partial charge < -0.3 is 25.0 Å². The van der Waals surface area contributed by atoms with Gasteiger partial charge in [-0.15, -0.1) is 10.2 Å². The van der Waals surface area contributed by atoms with Crippen LogP contribution in [0.3, 0.4) is 0 Å². The van der Waals surface area contributed by atoms with Crippen molar-refractivity contribution in [3.05, 3.63) is 82.4 Å². The number of hydrogen-bond donors (Lipinski definition) is 2. The molecule has 12 heteroatoms. The van der Waals surface area contributed by atoms with Crippen molar-refractivity contribution in [3.8, 4) is 22.9 Å². The second kappa shape index (κ2) is 11.7. The van der Waals surface area contributed by atoms with E-state index in [0.29, 0.717) is 49.2 Å². The molecule has 2 N–H and O–H groups in total. The molecule has 1 saturated heterocycles. The average Bonchev–Trinajstić information content (AvgIpc) is 3.76. The molecule has 4 heterocycles. The SMILES string of the molecule is CC(C)(C(=O)Nc1nnc(C(=O)NC2CC2)s1)[C@H]1c2ccccc2Oc2nc(-c3ccc(C(=O)N4CCOCC4)cc3)ccc21. The van der Waals surface area contributed by atoms with Gasteiger partial charge in [-0.05, 0) is 37.1 Å². The summed E-state index contributed by atoms with van der Waals surface area (Å²) in [6.45, 7) is 6.01. The van der Waals surface area contributed by atoms with Crippen molar-refractivity contribution in [3.63, 3.8) is 0 Å². The first-order valence-corrected chi connectivity index (χ1v) is 15.8. The van der Waals surface area contributed by atoms with Crippen molar-refractivity contribution in [1.29, 1.82) is 0 Å². The molecule has 0 radical (unpaired) electrons. The first-order valence-electron chi connectivity index (χ1n) is 15.0. The molecule has 1 aliphatic carbocycles. The zero-order chi connectivity index (χ0) is 31.1. The molecule has 1 saturated carbocycles. The third-order valence-electron chi connectivity index (χ3n) is 8.42. The van der Waals surface area contributed by atoms with E-state index in [0.717, 1.165) is 40.9 Å². The molecule has 2 aromatic heterocycles. The first-order chi connectivity index (χ1) is 21.8. The highest BCUT2D eigenvalue weighted by Crippen LogP contribution is 2.52. The van der Waals surface area contributed by atoms with Crippen molar-refractivity contribution in [1.82, 2.24) is 25.4 Å². The Morgan fingerprint density at radius 1 is 0.933 bits per heavy atom. The largest absolute Gasteiger partial charge is 0.438 e. The molecule has 230 valence electrons. The van der Waals surface area contributed by atoms with E-state index in [2.05, 4.69) is 20.8 Å². The number of amides is 3. The number of carbonyl (C=O) groups is 3. The molecule has 2 fully saturated rings. The standard InChI is InChI=1S/C33H32N6O5S/c1-33(2,31(42)36-32-38-37-29(45-32)27(40)34-21-11-12-21)26-22-5-3-4-6-25(22)44-28-23(26)13-14-24(35-28)19-7-9-20(10-8-19)30(41)39-15-17-43-18-16-39/h3-10,13-14,21,26H,11-12,15-18H2,1-2H3,(H,34,40)(H,36,38,42)/t26-/m0/s1. The van der Waals surface area contributed by atoms with E-state index in [-0.39, 0.29) is 33.9 Å². The van der Waals surface area contributed by atoms with Crippen molar-refractivity contribution in [2.24, 2.45) is 5.41 Å². The number of para-hydroxylation sites is 1. The number of hydrogen-bond acceptors (Lipinski definition) is 9. The zero-order valence-electron chi connectivity index (χ0n) is 24.9. The second-order valence-electron chi connectivity index (χ2n) is 12.0. The van der Waals surface area contributed by atoms with Crippen LogP contribution in [0.4, 0.5) is 5.13 Å². The van der Waals surface area contributed by atoms with Gasteiger partial charge in [0, 0.05) is 47.3 Å².